The molecule has 0 atom stereocenters. The van der Waals surface area contributed by atoms with E-state index in [9.17, 15) is 0 Å². The molecule has 0 aliphatic rings. The van der Waals surface area contributed by atoms with Crippen molar-refractivity contribution >= 4 is 17.2 Å². The Morgan fingerprint density at radius 3 is 3.06 bits per heavy atom. The standard InChI is InChI=1S/C12H12N4S/c1-9-2-3-11(16-10(9)8-13)14-5-4-12-15-6-7-17-12/h2-3,6-7H,4-5H2,1H3,(H,14,16). The van der Waals surface area contributed by atoms with Crippen LogP contribution in [0.3, 0.4) is 0 Å². The first-order valence-corrected chi connectivity index (χ1v) is 6.17. The van der Waals surface area contributed by atoms with Gasteiger partial charge in [-0.3, -0.25) is 0 Å². The van der Waals surface area contributed by atoms with Crippen molar-refractivity contribution in [2.45, 2.75) is 13.3 Å². The van der Waals surface area contributed by atoms with Gasteiger partial charge in [0.2, 0.25) is 0 Å². The van der Waals surface area contributed by atoms with Crippen molar-refractivity contribution in [3.8, 4) is 6.07 Å². The van der Waals surface area contributed by atoms with Crippen LogP contribution in [0.15, 0.2) is 23.7 Å². The Morgan fingerprint density at radius 1 is 1.47 bits per heavy atom. The predicted molar refractivity (Wildman–Crippen MR) is 68.0 cm³/mol. The van der Waals surface area contributed by atoms with Gasteiger partial charge < -0.3 is 5.32 Å². The van der Waals surface area contributed by atoms with Crippen molar-refractivity contribution in [2.75, 3.05) is 11.9 Å². The SMILES string of the molecule is Cc1ccc(NCCc2nccs2)nc1C#N. The van der Waals surface area contributed by atoms with E-state index in [1.807, 2.05) is 24.4 Å². The monoisotopic (exact) mass is 244 g/mol. The van der Waals surface area contributed by atoms with Gasteiger partial charge in [-0.2, -0.15) is 5.26 Å². The lowest BCUT2D eigenvalue weighted by Crippen LogP contribution is -2.07. The molecule has 2 heterocycles. The topological polar surface area (TPSA) is 61.6 Å². The molecule has 0 unspecified atom stereocenters. The average Bonchev–Trinajstić information content (AvgIpc) is 2.84. The highest BCUT2D eigenvalue weighted by molar-refractivity contribution is 7.09. The quantitative estimate of drug-likeness (QED) is 0.897. The number of thiazole rings is 1. The maximum Gasteiger partial charge on any atom is 0.145 e. The zero-order valence-corrected chi connectivity index (χ0v) is 10.3. The van der Waals surface area contributed by atoms with E-state index in [0.717, 1.165) is 29.4 Å². The van der Waals surface area contributed by atoms with Crippen molar-refractivity contribution in [2.24, 2.45) is 0 Å². The molecule has 0 fully saturated rings. The van der Waals surface area contributed by atoms with E-state index in [0.29, 0.717) is 5.69 Å². The number of nitrogens with zero attached hydrogens (tertiary/aromatic N) is 3. The molecule has 0 bridgehead atoms. The third-order valence-corrected chi connectivity index (χ3v) is 3.17. The Hall–Kier alpha value is -1.93. The van der Waals surface area contributed by atoms with Crippen LogP contribution in [0.1, 0.15) is 16.3 Å². The Kier molecular flexibility index (Phi) is 3.68. The highest BCUT2D eigenvalue weighted by atomic mass is 32.1. The van der Waals surface area contributed by atoms with Gasteiger partial charge in [-0.1, -0.05) is 6.07 Å². The van der Waals surface area contributed by atoms with Gasteiger partial charge in [-0.05, 0) is 18.6 Å². The summed E-state index contributed by atoms with van der Waals surface area (Å²) in [4.78, 5) is 8.42. The van der Waals surface area contributed by atoms with E-state index in [-0.39, 0.29) is 0 Å². The van der Waals surface area contributed by atoms with Crippen molar-refractivity contribution < 1.29 is 0 Å². The second kappa shape index (κ2) is 5.41. The minimum Gasteiger partial charge on any atom is -0.370 e. The second-order valence-corrected chi connectivity index (χ2v) is 4.56. The van der Waals surface area contributed by atoms with Crippen molar-refractivity contribution in [3.05, 3.63) is 40.0 Å². The lowest BCUT2D eigenvalue weighted by molar-refractivity contribution is 0.985. The molecule has 0 saturated carbocycles. The van der Waals surface area contributed by atoms with E-state index >= 15 is 0 Å². The molecule has 86 valence electrons. The van der Waals surface area contributed by atoms with Gasteiger partial charge in [-0.25, -0.2) is 9.97 Å². The van der Waals surface area contributed by atoms with Gasteiger partial charge in [0.25, 0.3) is 0 Å². The lowest BCUT2D eigenvalue weighted by Gasteiger charge is -2.05. The van der Waals surface area contributed by atoms with E-state index in [1.165, 1.54) is 0 Å². The average molecular weight is 244 g/mol. The molecule has 2 rings (SSSR count). The minimum absolute atomic E-state index is 0.476. The summed E-state index contributed by atoms with van der Waals surface area (Å²) >= 11 is 1.64. The summed E-state index contributed by atoms with van der Waals surface area (Å²) in [6, 6.07) is 5.87. The molecular formula is C12H12N4S. The summed E-state index contributed by atoms with van der Waals surface area (Å²) in [6.07, 6.45) is 2.67. The zero-order valence-electron chi connectivity index (χ0n) is 9.47. The molecule has 5 heteroatoms. The summed E-state index contributed by atoms with van der Waals surface area (Å²) in [5.41, 5.74) is 1.38. The molecule has 0 amide bonds. The highest BCUT2D eigenvalue weighted by Gasteiger charge is 2.01. The van der Waals surface area contributed by atoms with Crippen molar-refractivity contribution in [1.29, 1.82) is 5.26 Å². The van der Waals surface area contributed by atoms with Crippen LogP contribution < -0.4 is 5.32 Å². The van der Waals surface area contributed by atoms with Crippen LogP contribution in [0.2, 0.25) is 0 Å². The number of hydrogen-bond acceptors (Lipinski definition) is 5. The van der Waals surface area contributed by atoms with Crippen molar-refractivity contribution in [1.82, 2.24) is 9.97 Å². The fourth-order valence-corrected chi connectivity index (χ4v) is 2.03. The number of aryl methyl sites for hydroxylation is 1. The van der Waals surface area contributed by atoms with Gasteiger partial charge in [0.05, 0.1) is 5.01 Å². The second-order valence-electron chi connectivity index (χ2n) is 3.58. The molecule has 2 aromatic heterocycles. The Balaban J connectivity index is 1.93. The van der Waals surface area contributed by atoms with Gasteiger partial charge in [0.15, 0.2) is 0 Å². The minimum atomic E-state index is 0.476. The smallest absolute Gasteiger partial charge is 0.145 e. The third-order valence-electron chi connectivity index (χ3n) is 2.33. The van der Waals surface area contributed by atoms with Crippen LogP contribution in [-0.4, -0.2) is 16.5 Å². The number of nitriles is 1. The molecule has 0 saturated heterocycles. The van der Waals surface area contributed by atoms with Crippen LogP contribution in [0, 0.1) is 18.3 Å². The number of nitrogens with one attached hydrogen (secondary N) is 1. The van der Waals surface area contributed by atoms with Gasteiger partial charge in [0.1, 0.15) is 17.6 Å². The molecular weight excluding hydrogens is 232 g/mol. The summed E-state index contributed by atoms with van der Waals surface area (Å²) < 4.78 is 0. The molecule has 2 aromatic rings. The number of aromatic nitrogens is 2. The van der Waals surface area contributed by atoms with Crippen molar-refractivity contribution in [3.63, 3.8) is 0 Å². The maximum atomic E-state index is 8.87. The molecule has 0 aromatic carbocycles. The lowest BCUT2D eigenvalue weighted by atomic mass is 10.2. The van der Waals surface area contributed by atoms with Crippen LogP contribution in [0.5, 0.6) is 0 Å². The first-order chi connectivity index (χ1) is 8.29. The summed E-state index contributed by atoms with van der Waals surface area (Å²) in [7, 11) is 0. The first-order valence-electron chi connectivity index (χ1n) is 5.29. The van der Waals surface area contributed by atoms with Crippen LogP contribution >= 0.6 is 11.3 Å². The molecule has 0 aliphatic heterocycles. The van der Waals surface area contributed by atoms with E-state index < -0.39 is 0 Å². The first kappa shape index (κ1) is 11.6. The number of rotatable bonds is 4. The number of hydrogen-bond donors (Lipinski definition) is 1. The van der Waals surface area contributed by atoms with Gasteiger partial charge >= 0.3 is 0 Å². The highest BCUT2D eigenvalue weighted by Crippen LogP contribution is 2.10. The zero-order chi connectivity index (χ0) is 12.1. The summed E-state index contributed by atoms with van der Waals surface area (Å²) in [5, 5.41) is 15.1. The Bertz CT molecular complexity index is 528. The fraction of sp³-hybridized carbons (Fsp3) is 0.250. The normalized spacial score (nSPS) is 9.88. The van der Waals surface area contributed by atoms with E-state index in [2.05, 4.69) is 21.4 Å². The van der Waals surface area contributed by atoms with Gasteiger partial charge in [-0.15, -0.1) is 11.3 Å². The summed E-state index contributed by atoms with van der Waals surface area (Å²) in [6.45, 7) is 2.65. The predicted octanol–water partition coefficient (Wildman–Crippen LogP) is 2.37. The largest absolute Gasteiger partial charge is 0.370 e. The van der Waals surface area contributed by atoms with Crippen LogP contribution in [-0.2, 0) is 6.42 Å². The van der Waals surface area contributed by atoms with E-state index in [4.69, 9.17) is 5.26 Å². The number of pyridine rings is 1. The summed E-state index contributed by atoms with van der Waals surface area (Å²) in [5.74, 6) is 0.740. The fourth-order valence-electron chi connectivity index (χ4n) is 1.41. The molecule has 0 aliphatic carbocycles. The third kappa shape index (κ3) is 3.02. The molecule has 17 heavy (non-hydrogen) atoms. The molecule has 0 radical (unpaired) electrons. The van der Waals surface area contributed by atoms with Crippen LogP contribution in [0.25, 0.3) is 0 Å². The molecule has 4 nitrogen and oxygen atoms in total. The van der Waals surface area contributed by atoms with Gasteiger partial charge in [0, 0.05) is 24.5 Å². The Morgan fingerprint density at radius 2 is 2.35 bits per heavy atom. The number of anilines is 1. The molecule has 1 N–H and O–H groups in total. The molecule has 0 spiro atoms. The Labute approximate surface area is 104 Å². The van der Waals surface area contributed by atoms with E-state index in [1.54, 1.807) is 17.5 Å². The maximum absolute atomic E-state index is 8.87. The van der Waals surface area contributed by atoms with Crippen LogP contribution in [0.4, 0.5) is 5.82 Å².